The summed E-state index contributed by atoms with van der Waals surface area (Å²) >= 11 is 0. The van der Waals surface area contributed by atoms with E-state index in [1.807, 2.05) is 35.0 Å². The van der Waals surface area contributed by atoms with Crippen LogP contribution in [0.15, 0.2) is 60.8 Å². The number of rotatable bonds is 6. The highest BCUT2D eigenvalue weighted by atomic mass is 19.1. The Bertz CT molecular complexity index is 1580. The number of ketones is 1. The van der Waals surface area contributed by atoms with Gasteiger partial charge < -0.3 is 9.67 Å². The predicted molar refractivity (Wildman–Crippen MR) is 136 cm³/mol. The summed E-state index contributed by atoms with van der Waals surface area (Å²) in [6.07, 6.45) is 5.49. The zero-order valence-electron chi connectivity index (χ0n) is 19.7. The van der Waals surface area contributed by atoms with Crippen LogP contribution in [-0.4, -0.2) is 21.4 Å². The molecule has 0 radical (unpaired) electrons. The van der Waals surface area contributed by atoms with Crippen LogP contribution in [0.1, 0.15) is 48.0 Å². The Balaban J connectivity index is 1.23. The first-order valence-electron chi connectivity index (χ1n) is 12.3. The highest BCUT2D eigenvalue weighted by molar-refractivity contribution is 6.07. The number of aliphatic carboxylic acids is 1. The van der Waals surface area contributed by atoms with E-state index in [2.05, 4.69) is 10.9 Å². The van der Waals surface area contributed by atoms with Gasteiger partial charge in [-0.1, -0.05) is 24.3 Å². The SMILES string of the molecule is [C-]#[N+]c1ccc2cc(Cn3ccc4c(F)ccc(C(=O)CC5CC6(C5)CC(C(=O)O)C6)c43)ccc2c1. The summed E-state index contributed by atoms with van der Waals surface area (Å²) in [5.74, 6) is -1.02. The fourth-order valence-electron chi connectivity index (χ4n) is 6.47. The van der Waals surface area contributed by atoms with Gasteiger partial charge in [-0.25, -0.2) is 9.24 Å². The van der Waals surface area contributed by atoms with Crippen molar-refractivity contribution in [1.29, 1.82) is 0 Å². The standard InChI is InChI=1S/C30H25FN2O3/c1-32-23-5-4-20-10-18(2-3-21(20)12-23)17-33-9-8-24-26(31)7-6-25(28(24)33)27(34)11-19-13-30(14-19)15-22(16-30)29(35)36/h2-10,12,19,22H,11,13-17H2,(H,35,36). The fourth-order valence-corrected chi connectivity index (χ4v) is 6.47. The number of aromatic nitrogens is 1. The van der Waals surface area contributed by atoms with Crippen molar-refractivity contribution >= 4 is 39.1 Å². The normalized spacial score (nSPS) is 22.8. The van der Waals surface area contributed by atoms with Crippen LogP contribution in [0.5, 0.6) is 0 Å². The van der Waals surface area contributed by atoms with Gasteiger partial charge >= 0.3 is 5.97 Å². The molecule has 36 heavy (non-hydrogen) atoms. The molecule has 0 saturated heterocycles. The third-order valence-electron chi connectivity index (χ3n) is 8.17. The van der Waals surface area contributed by atoms with Gasteiger partial charge in [0.05, 0.1) is 18.0 Å². The topological polar surface area (TPSA) is 63.7 Å². The largest absolute Gasteiger partial charge is 0.481 e. The monoisotopic (exact) mass is 480 g/mol. The maximum atomic E-state index is 14.7. The summed E-state index contributed by atoms with van der Waals surface area (Å²) in [6.45, 7) is 7.69. The van der Waals surface area contributed by atoms with Crippen LogP contribution in [-0.2, 0) is 11.3 Å². The Kier molecular flexibility index (Phi) is 5.19. The second-order valence-electron chi connectivity index (χ2n) is 10.6. The van der Waals surface area contributed by atoms with Crippen LogP contribution in [0.25, 0.3) is 26.5 Å². The minimum absolute atomic E-state index is 0.0130. The smallest absolute Gasteiger partial charge is 0.306 e. The van der Waals surface area contributed by atoms with Crippen LogP contribution in [0.4, 0.5) is 10.1 Å². The van der Waals surface area contributed by atoms with E-state index in [0.29, 0.717) is 35.1 Å². The summed E-state index contributed by atoms with van der Waals surface area (Å²) in [4.78, 5) is 28.0. The number of halogens is 1. The average molecular weight is 481 g/mol. The first kappa shape index (κ1) is 22.5. The third kappa shape index (κ3) is 3.76. The molecule has 0 unspecified atom stereocenters. The van der Waals surface area contributed by atoms with Crippen molar-refractivity contribution in [2.45, 2.75) is 38.6 Å². The average Bonchev–Trinajstić information content (AvgIpc) is 3.23. The number of carboxylic acid groups (broad SMARTS) is 1. The molecule has 0 amide bonds. The molecule has 6 rings (SSSR count). The number of hydrogen-bond donors (Lipinski definition) is 1. The molecule has 0 bridgehead atoms. The molecule has 1 aromatic heterocycles. The van der Waals surface area contributed by atoms with Crippen LogP contribution in [0, 0.1) is 29.6 Å². The van der Waals surface area contributed by atoms with Crippen molar-refractivity contribution in [2.24, 2.45) is 17.3 Å². The predicted octanol–water partition coefficient (Wildman–Crippen LogP) is 7.00. The molecular weight excluding hydrogens is 455 g/mol. The molecule has 2 aliphatic carbocycles. The lowest BCUT2D eigenvalue weighted by molar-refractivity contribution is -0.157. The number of nitrogens with zero attached hydrogens (tertiary/aromatic N) is 2. The molecule has 1 N–H and O–H groups in total. The molecule has 0 atom stereocenters. The fraction of sp³-hybridized carbons (Fsp3) is 0.300. The van der Waals surface area contributed by atoms with Crippen molar-refractivity contribution in [3.05, 3.63) is 89.2 Å². The quantitative estimate of drug-likeness (QED) is 0.239. The van der Waals surface area contributed by atoms with Gasteiger partial charge in [-0.3, -0.25) is 9.59 Å². The van der Waals surface area contributed by atoms with Crippen molar-refractivity contribution in [3.63, 3.8) is 0 Å². The number of Topliss-reactive ketones (excluding diaryl/α,β-unsaturated/α-hetero) is 1. The van der Waals surface area contributed by atoms with Gasteiger partial charge in [0.2, 0.25) is 0 Å². The number of carboxylic acids is 1. The molecule has 1 spiro atoms. The van der Waals surface area contributed by atoms with E-state index in [1.54, 1.807) is 18.2 Å². The van der Waals surface area contributed by atoms with Crippen molar-refractivity contribution in [2.75, 3.05) is 0 Å². The van der Waals surface area contributed by atoms with Gasteiger partial charge in [-0.2, -0.15) is 0 Å². The Morgan fingerprint density at radius 2 is 1.78 bits per heavy atom. The molecule has 6 heteroatoms. The van der Waals surface area contributed by atoms with Crippen LogP contribution >= 0.6 is 0 Å². The van der Waals surface area contributed by atoms with E-state index in [-0.39, 0.29) is 28.9 Å². The zero-order valence-corrected chi connectivity index (χ0v) is 19.7. The van der Waals surface area contributed by atoms with Gasteiger partial charge in [-0.15, -0.1) is 0 Å². The Labute approximate surface area is 208 Å². The molecule has 0 aliphatic heterocycles. The number of benzene rings is 3. The van der Waals surface area contributed by atoms with Gasteiger partial charge in [0.15, 0.2) is 11.5 Å². The number of fused-ring (bicyclic) bond motifs is 2. The highest BCUT2D eigenvalue weighted by Crippen LogP contribution is 2.62. The number of carbonyl (C=O) groups is 2. The van der Waals surface area contributed by atoms with Crippen molar-refractivity contribution < 1.29 is 19.1 Å². The minimum Gasteiger partial charge on any atom is -0.481 e. The summed E-state index contributed by atoms with van der Waals surface area (Å²) in [6, 6.07) is 16.3. The van der Waals surface area contributed by atoms with Crippen molar-refractivity contribution in [1.82, 2.24) is 4.57 Å². The highest BCUT2D eigenvalue weighted by Gasteiger charge is 2.54. The zero-order chi connectivity index (χ0) is 25.0. The summed E-state index contributed by atoms with van der Waals surface area (Å²) in [7, 11) is 0. The summed E-state index contributed by atoms with van der Waals surface area (Å²) < 4.78 is 16.6. The van der Waals surface area contributed by atoms with Gasteiger partial charge in [0, 0.05) is 30.1 Å². The lowest BCUT2D eigenvalue weighted by Crippen LogP contribution is -2.50. The first-order chi connectivity index (χ1) is 17.3. The molecule has 2 aliphatic rings. The van der Waals surface area contributed by atoms with Crippen LogP contribution < -0.4 is 0 Å². The Morgan fingerprint density at radius 3 is 2.53 bits per heavy atom. The second kappa shape index (κ2) is 8.30. The number of hydrogen-bond acceptors (Lipinski definition) is 2. The molecule has 180 valence electrons. The van der Waals surface area contributed by atoms with E-state index < -0.39 is 5.97 Å². The van der Waals surface area contributed by atoms with E-state index in [0.717, 1.165) is 42.0 Å². The Morgan fingerprint density at radius 1 is 1.03 bits per heavy atom. The van der Waals surface area contributed by atoms with E-state index >= 15 is 0 Å². The van der Waals surface area contributed by atoms with Crippen molar-refractivity contribution in [3.8, 4) is 0 Å². The molecule has 4 aromatic rings. The summed E-state index contributed by atoms with van der Waals surface area (Å²) in [5, 5.41) is 11.6. The Hall–Kier alpha value is -3.98. The first-order valence-corrected chi connectivity index (χ1v) is 12.3. The lowest BCUT2D eigenvalue weighted by atomic mass is 9.47. The summed E-state index contributed by atoms with van der Waals surface area (Å²) in [5.41, 5.74) is 2.90. The van der Waals surface area contributed by atoms with Crippen LogP contribution in [0.2, 0.25) is 0 Å². The minimum atomic E-state index is -0.714. The van der Waals surface area contributed by atoms with Crippen LogP contribution in [0.3, 0.4) is 0 Å². The molecule has 1 heterocycles. The third-order valence-corrected chi connectivity index (χ3v) is 8.17. The molecule has 5 nitrogen and oxygen atoms in total. The maximum absolute atomic E-state index is 14.7. The van der Waals surface area contributed by atoms with Gasteiger partial charge in [0.1, 0.15) is 5.82 Å². The van der Waals surface area contributed by atoms with E-state index in [1.165, 1.54) is 6.07 Å². The van der Waals surface area contributed by atoms with E-state index in [4.69, 9.17) is 11.7 Å². The molecular formula is C30H25FN2O3. The van der Waals surface area contributed by atoms with Gasteiger partial charge in [-0.05, 0) is 83.7 Å². The molecule has 3 aromatic carbocycles. The molecule has 2 fully saturated rings. The van der Waals surface area contributed by atoms with E-state index in [9.17, 15) is 14.0 Å². The molecule has 2 saturated carbocycles. The van der Waals surface area contributed by atoms with Gasteiger partial charge in [0.25, 0.3) is 0 Å². The lowest BCUT2D eigenvalue weighted by Gasteiger charge is -2.56. The second-order valence-corrected chi connectivity index (χ2v) is 10.6. The maximum Gasteiger partial charge on any atom is 0.306 e. The number of carbonyl (C=O) groups excluding carboxylic acids is 1.